The van der Waals surface area contributed by atoms with Gasteiger partial charge in [0.15, 0.2) is 0 Å². The first-order valence-corrected chi connectivity index (χ1v) is 8.06. The molecule has 0 radical (unpaired) electrons. The summed E-state index contributed by atoms with van der Waals surface area (Å²) >= 11 is 6.13. The third-order valence-corrected chi connectivity index (χ3v) is 3.69. The average molecular weight is 426 g/mol. The number of carbonyl (C=O) groups is 1. The lowest BCUT2D eigenvalue weighted by Gasteiger charge is -2.07. The zero-order valence-electron chi connectivity index (χ0n) is 14.2. The van der Waals surface area contributed by atoms with Crippen LogP contribution in [0.15, 0.2) is 34.7 Å². The molecule has 1 heterocycles. The van der Waals surface area contributed by atoms with E-state index in [1.807, 2.05) is 6.07 Å². The Kier molecular flexibility index (Phi) is 11.6. The fourth-order valence-corrected chi connectivity index (χ4v) is 2.37. The molecule has 6 nitrogen and oxygen atoms in total. The second kappa shape index (κ2) is 12.2. The number of halogens is 3. The minimum atomic E-state index is -1.01. The molecule has 0 fully saturated rings. The fraction of sp³-hybridized carbons (Fsp3) is 0.353. The quantitative estimate of drug-likeness (QED) is 0.461. The van der Waals surface area contributed by atoms with Crippen LogP contribution in [0.4, 0.5) is 0 Å². The van der Waals surface area contributed by atoms with Gasteiger partial charge < -0.3 is 25.3 Å². The van der Waals surface area contributed by atoms with Crippen molar-refractivity contribution in [2.75, 3.05) is 19.6 Å². The first-order chi connectivity index (χ1) is 11.5. The van der Waals surface area contributed by atoms with Gasteiger partial charge in [-0.25, -0.2) is 4.79 Å². The number of hydrogen-bond donors (Lipinski definition) is 4. The van der Waals surface area contributed by atoms with Gasteiger partial charge in [0.05, 0.1) is 23.2 Å². The number of furan rings is 1. The summed E-state index contributed by atoms with van der Waals surface area (Å²) in [6.45, 7) is 4.32. The molecule has 1 unspecified atom stereocenters. The zero-order chi connectivity index (χ0) is 17.5. The maximum atomic E-state index is 11.1. The van der Waals surface area contributed by atoms with Crippen molar-refractivity contribution in [3.63, 3.8) is 0 Å². The minimum absolute atomic E-state index is 0. The zero-order valence-corrected chi connectivity index (χ0v) is 16.6. The normalized spacial score (nSPS) is 11.3. The van der Waals surface area contributed by atoms with Crippen molar-refractivity contribution in [3.8, 4) is 11.3 Å². The minimum Gasteiger partial charge on any atom is -0.478 e. The number of benzene rings is 1. The van der Waals surface area contributed by atoms with Crippen LogP contribution in [0.25, 0.3) is 11.3 Å². The Labute approximate surface area is 169 Å². The lowest BCUT2D eigenvalue weighted by Crippen LogP contribution is -2.31. The van der Waals surface area contributed by atoms with Crippen LogP contribution in [0.1, 0.15) is 23.0 Å². The molecule has 0 saturated heterocycles. The van der Waals surface area contributed by atoms with E-state index in [0.29, 0.717) is 29.4 Å². The lowest BCUT2D eigenvalue weighted by molar-refractivity contribution is 0.0697. The third kappa shape index (κ3) is 7.53. The van der Waals surface area contributed by atoms with Crippen LogP contribution in [-0.2, 0) is 6.54 Å². The van der Waals surface area contributed by atoms with E-state index in [9.17, 15) is 4.79 Å². The van der Waals surface area contributed by atoms with Crippen molar-refractivity contribution in [1.29, 1.82) is 0 Å². The number of aromatic carboxylic acids is 1. The average Bonchev–Trinajstić information content (AvgIpc) is 2.99. The standard InChI is InChI=1S/C17H21ClN2O4.2ClH/c1-11(21)9-19-6-7-20-10-13-3-5-16(24-13)14-8-12(17(22)23)2-4-15(14)18;;/h2-5,8,11,19-21H,6-7,9-10H2,1H3,(H,22,23);2*1H. The summed E-state index contributed by atoms with van der Waals surface area (Å²) in [4.78, 5) is 11.1. The van der Waals surface area contributed by atoms with Crippen LogP contribution in [0.3, 0.4) is 0 Å². The molecule has 0 aliphatic heterocycles. The molecule has 2 rings (SSSR count). The molecule has 146 valence electrons. The summed E-state index contributed by atoms with van der Waals surface area (Å²) < 4.78 is 5.73. The third-order valence-electron chi connectivity index (χ3n) is 3.36. The predicted octanol–water partition coefficient (Wildman–Crippen LogP) is 3.20. The van der Waals surface area contributed by atoms with E-state index in [1.165, 1.54) is 12.1 Å². The number of nitrogens with one attached hydrogen (secondary N) is 2. The lowest BCUT2D eigenvalue weighted by atomic mass is 10.1. The molecule has 0 aliphatic carbocycles. The van der Waals surface area contributed by atoms with Crippen molar-refractivity contribution in [2.24, 2.45) is 0 Å². The molecule has 0 amide bonds. The Balaban J connectivity index is 0.00000312. The maximum Gasteiger partial charge on any atom is 0.335 e. The maximum absolute atomic E-state index is 11.1. The molecule has 9 heteroatoms. The van der Waals surface area contributed by atoms with Gasteiger partial charge in [-0.05, 0) is 37.3 Å². The summed E-state index contributed by atoms with van der Waals surface area (Å²) in [6, 6.07) is 8.11. The number of hydrogen-bond acceptors (Lipinski definition) is 5. The number of rotatable bonds is 9. The van der Waals surface area contributed by atoms with Crippen LogP contribution in [-0.4, -0.2) is 41.9 Å². The molecule has 0 bridgehead atoms. The molecule has 4 N–H and O–H groups in total. The highest BCUT2D eigenvalue weighted by atomic mass is 35.5. The van der Waals surface area contributed by atoms with Crippen molar-refractivity contribution in [1.82, 2.24) is 10.6 Å². The molecule has 0 saturated carbocycles. The van der Waals surface area contributed by atoms with Gasteiger partial charge >= 0.3 is 5.97 Å². The number of aliphatic hydroxyl groups excluding tert-OH is 1. The molecule has 0 spiro atoms. The summed E-state index contributed by atoms with van der Waals surface area (Å²) in [5, 5.41) is 25.0. The van der Waals surface area contributed by atoms with Crippen molar-refractivity contribution in [3.05, 3.63) is 46.7 Å². The summed E-state index contributed by atoms with van der Waals surface area (Å²) in [7, 11) is 0. The molecular weight excluding hydrogens is 403 g/mol. The second-order valence-electron chi connectivity index (χ2n) is 5.50. The molecule has 1 atom stereocenters. The summed E-state index contributed by atoms with van der Waals surface area (Å²) in [5.41, 5.74) is 0.719. The highest BCUT2D eigenvalue weighted by molar-refractivity contribution is 6.33. The molecule has 1 aromatic carbocycles. The van der Waals surface area contributed by atoms with E-state index in [2.05, 4.69) is 10.6 Å². The Morgan fingerprint density at radius 2 is 1.88 bits per heavy atom. The number of aliphatic hydroxyl groups is 1. The fourth-order valence-electron chi connectivity index (χ4n) is 2.16. The highest BCUT2D eigenvalue weighted by Gasteiger charge is 2.12. The smallest absolute Gasteiger partial charge is 0.335 e. The molecule has 0 aliphatic rings. The molecule has 1 aromatic heterocycles. The van der Waals surface area contributed by atoms with Crippen LogP contribution >= 0.6 is 36.4 Å². The van der Waals surface area contributed by atoms with E-state index in [-0.39, 0.29) is 36.5 Å². The molecule has 2 aromatic rings. The van der Waals surface area contributed by atoms with Gasteiger partial charge in [-0.2, -0.15) is 0 Å². The first-order valence-electron chi connectivity index (χ1n) is 7.69. The van der Waals surface area contributed by atoms with Crippen LogP contribution in [0.2, 0.25) is 5.02 Å². The first kappa shape index (κ1) is 24.7. The number of carboxylic acid groups (broad SMARTS) is 1. The largest absolute Gasteiger partial charge is 0.478 e. The Hall–Kier alpha value is -1.28. The summed E-state index contributed by atoms with van der Waals surface area (Å²) in [5.74, 6) is 0.260. The predicted molar refractivity (Wildman–Crippen MR) is 107 cm³/mol. The van der Waals surface area contributed by atoms with Gasteiger partial charge in [0.2, 0.25) is 0 Å². The van der Waals surface area contributed by atoms with Crippen LogP contribution in [0, 0.1) is 0 Å². The Morgan fingerprint density at radius 1 is 1.19 bits per heavy atom. The Bertz CT molecular complexity index is 692. The van der Waals surface area contributed by atoms with E-state index < -0.39 is 5.97 Å². The van der Waals surface area contributed by atoms with Crippen molar-refractivity contribution < 1.29 is 19.4 Å². The highest BCUT2D eigenvalue weighted by Crippen LogP contribution is 2.30. The SMILES string of the molecule is CC(O)CNCCNCc1ccc(-c2cc(C(=O)O)ccc2Cl)o1.Cl.Cl. The van der Waals surface area contributed by atoms with E-state index >= 15 is 0 Å². The van der Waals surface area contributed by atoms with Crippen LogP contribution < -0.4 is 10.6 Å². The van der Waals surface area contributed by atoms with Gasteiger partial charge in [-0.15, -0.1) is 24.8 Å². The number of carboxylic acids is 1. The second-order valence-corrected chi connectivity index (χ2v) is 5.90. The van der Waals surface area contributed by atoms with Crippen molar-refractivity contribution in [2.45, 2.75) is 19.6 Å². The van der Waals surface area contributed by atoms with Crippen LogP contribution in [0.5, 0.6) is 0 Å². The molecular formula is C17H23Cl3N2O4. The van der Waals surface area contributed by atoms with E-state index in [4.69, 9.17) is 26.2 Å². The van der Waals surface area contributed by atoms with Gasteiger partial charge in [-0.3, -0.25) is 0 Å². The molecule has 26 heavy (non-hydrogen) atoms. The summed E-state index contributed by atoms with van der Waals surface area (Å²) in [6.07, 6.45) is -0.357. The van der Waals surface area contributed by atoms with Gasteiger partial charge in [0.1, 0.15) is 11.5 Å². The van der Waals surface area contributed by atoms with Crippen molar-refractivity contribution >= 4 is 42.4 Å². The van der Waals surface area contributed by atoms with Gasteiger partial charge in [0.25, 0.3) is 0 Å². The monoisotopic (exact) mass is 424 g/mol. The Morgan fingerprint density at radius 3 is 2.54 bits per heavy atom. The van der Waals surface area contributed by atoms with Gasteiger partial charge in [0, 0.05) is 25.2 Å². The van der Waals surface area contributed by atoms with E-state index in [1.54, 1.807) is 19.1 Å². The van der Waals surface area contributed by atoms with Gasteiger partial charge in [-0.1, -0.05) is 11.6 Å². The van der Waals surface area contributed by atoms with E-state index in [0.717, 1.165) is 18.8 Å². The topological polar surface area (TPSA) is 94.7 Å².